The fourth-order valence-corrected chi connectivity index (χ4v) is 4.20. The van der Waals surface area contributed by atoms with Crippen LogP contribution in [0.5, 0.6) is 0 Å². The SMILES string of the molecule is CCCN1C(=O)C(c2ccc(C)cc2C)=C(N2CCN(c3ncccn3)CC2)C1=O. The van der Waals surface area contributed by atoms with Gasteiger partial charge in [-0.05, 0) is 37.5 Å². The van der Waals surface area contributed by atoms with Crippen LogP contribution in [0.15, 0.2) is 42.4 Å². The molecule has 4 rings (SSSR count). The van der Waals surface area contributed by atoms with Gasteiger partial charge in [-0.25, -0.2) is 9.97 Å². The molecule has 0 radical (unpaired) electrons. The van der Waals surface area contributed by atoms with Crippen molar-refractivity contribution in [3.8, 4) is 0 Å². The Labute approximate surface area is 177 Å². The molecule has 0 atom stereocenters. The summed E-state index contributed by atoms with van der Waals surface area (Å²) in [5.41, 5.74) is 4.07. The van der Waals surface area contributed by atoms with E-state index in [4.69, 9.17) is 0 Å². The first-order valence-corrected chi connectivity index (χ1v) is 10.5. The molecule has 0 saturated carbocycles. The molecule has 1 saturated heterocycles. The largest absolute Gasteiger partial charge is 0.363 e. The van der Waals surface area contributed by atoms with Crippen LogP contribution in [0.3, 0.4) is 0 Å². The van der Waals surface area contributed by atoms with Crippen LogP contribution in [-0.4, -0.2) is 64.3 Å². The summed E-state index contributed by atoms with van der Waals surface area (Å²) in [4.78, 5) is 40.8. The maximum Gasteiger partial charge on any atom is 0.277 e. The first-order chi connectivity index (χ1) is 14.5. The van der Waals surface area contributed by atoms with Gasteiger partial charge < -0.3 is 9.80 Å². The van der Waals surface area contributed by atoms with E-state index in [1.807, 2.05) is 32.9 Å². The van der Waals surface area contributed by atoms with Crippen LogP contribution in [0.2, 0.25) is 0 Å². The average Bonchev–Trinajstić information content (AvgIpc) is 2.99. The number of amides is 2. The van der Waals surface area contributed by atoms with Crippen LogP contribution in [-0.2, 0) is 9.59 Å². The molecule has 156 valence electrons. The van der Waals surface area contributed by atoms with Gasteiger partial charge in [0.1, 0.15) is 5.70 Å². The topological polar surface area (TPSA) is 69.6 Å². The Kier molecular flexibility index (Phi) is 5.53. The molecule has 30 heavy (non-hydrogen) atoms. The second-order valence-corrected chi connectivity index (χ2v) is 7.83. The number of hydrogen-bond acceptors (Lipinski definition) is 6. The summed E-state index contributed by atoms with van der Waals surface area (Å²) in [6.45, 7) is 9.12. The molecule has 7 nitrogen and oxygen atoms in total. The number of carbonyl (C=O) groups is 2. The van der Waals surface area contributed by atoms with E-state index in [0.29, 0.717) is 49.9 Å². The molecule has 2 aromatic rings. The highest BCUT2D eigenvalue weighted by molar-refractivity contribution is 6.35. The van der Waals surface area contributed by atoms with Crippen molar-refractivity contribution in [2.45, 2.75) is 27.2 Å². The number of piperazine rings is 1. The van der Waals surface area contributed by atoms with Crippen molar-refractivity contribution in [1.29, 1.82) is 0 Å². The van der Waals surface area contributed by atoms with Crippen molar-refractivity contribution in [3.63, 3.8) is 0 Å². The zero-order chi connectivity index (χ0) is 21.3. The number of benzene rings is 1. The van der Waals surface area contributed by atoms with E-state index in [2.05, 4.69) is 25.8 Å². The number of anilines is 1. The third-order valence-corrected chi connectivity index (χ3v) is 5.67. The standard InChI is InChI=1S/C23H27N5O2/c1-4-10-28-21(29)19(18-7-6-16(2)15-17(18)3)20(22(28)30)26-11-13-27(14-12-26)23-24-8-5-9-25-23/h5-9,15H,4,10-14H2,1-3H3. The Morgan fingerprint density at radius 2 is 1.60 bits per heavy atom. The number of hydrogen-bond donors (Lipinski definition) is 0. The van der Waals surface area contributed by atoms with Gasteiger partial charge in [0.2, 0.25) is 5.95 Å². The van der Waals surface area contributed by atoms with E-state index < -0.39 is 0 Å². The predicted molar refractivity (Wildman–Crippen MR) is 116 cm³/mol. The van der Waals surface area contributed by atoms with Crippen LogP contribution < -0.4 is 4.90 Å². The molecule has 1 aromatic carbocycles. The first-order valence-electron chi connectivity index (χ1n) is 10.5. The minimum absolute atomic E-state index is 0.179. The van der Waals surface area contributed by atoms with Gasteiger partial charge >= 0.3 is 0 Å². The molecule has 2 aliphatic rings. The molecule has 1 fully saturated rings. The molecule has 2 amide bonds. The highest BCUT2D eigenvalue weighted by Crippen LogP contribution is 2.34. The molecule has 0 N–H and O–H groups in total. The number of aryl methyl sites for hydroxylation is 2. The van der Waals surface area contributed by atoms with Gasteiger partial charge in [0, 0.05) is 45.1 Å². The molecule has 0 spiro atoms. The van der Waals surface area contributed by atoms with Gasteiger partial charge in [0.15, 0.2) is 0 Å². The Morgan fingerprint density at radius 3 is 2.23 bits per heavy atom. The lowest BCUT2D eigenvalue weighted by Crippen LogP contribution is -2.48. The minimum atomic E-state index is -0.183. The Bertz CT molecular complexity index is 994. The molecule has 0 unspecified atom stereocenters. The van der Waals surface area contributed by atoms with E-state index in [-0.39, 0.29) is 11.8 Å². The van der Waals surface area contributed by atoms with E-state index in [9.17, 15) is 9.59 Å². The summed E-state index contributed by atoms with van der Waals surface area (Å²) in [6, 6.07) is 7.82. The maximum atomic E-state index is 13.3. The Morgan fingerprint density at radius 1 is 0.933 bits per heavy atom. The third-order valence-electron chi connectivity index (χ3n) is 5.67. The summed E-state index contributed by atoms with van der Waals surface area (Å²) >= 11 is 0. The lowest BCUT2D eigenvalue weighted by atomic mass is 9.97. The molecular weight excluding hydrogens is 378 g/mol. The number of nitrogens with zero attached hydrogens (tertiary/aromatic N) is 5. The molecule has 0 aliphatic carbocycles. The highest BCUT2D eigenvalue weighted by atomic mass is 16.2. The maximum absolute atomic E-state index is 13.3. The van der Waals surface area contributed by atoms with Crippen molar-refractivity contribution < 1.29 is 9.59 Å². The summed E-state index contributed by atoms with van der Waals surface area (Å²) in [6.07, 6.45) is 4.21. The third kappa shape index (κ3) is 3.56. The smallest absolute Gasteiger partial charge is 0.277 e. The van der Waals surface area contributed by atoms with Gasteiger partial charge in [-0.3, -0.25) is 14.5 Å². The van der Waals surface area contributed by atoms with Gasteiger partial charge in [-0.15, -0.1) is 0 Å². The summed E-state index contributed by atoms with van der Waals surface area (Å²) < 4.78 is 0. The van der Waals surface area contributed by atoms with Crippen LogP contribution in [0.1, 0.15) is 30.0 Å². The highest BCUT2D eigenvalue weighted by Gasteiger charge is 2.42. The number of imide groups is 1. The summed E-state index contributed by atoms with van der Waals surface area (Å²) in [5, 5.41) is 0. The molecule has 0 bridgehead atoms. The number of rotatable bonds is 5. The predicted octanol–water partition coefficient (Wildman–Crippen LogP) is 2.41. The van der Waals surface area contributed by atoms with Crippen LogP contribution in [0.25, 0.3) is 5.57 Å². The second kappa shape index (κ2) is 8.26. The van der Waals surface area contributed by atoms with Crippen molar-refractivity contribution in [1.82, 2.24) is 19.8 Å². The Balaban J connectivity index is 1.68. The van der Waals surface area contributed by atoms with Gasteiger partial charge in [-0.2, -0.15) is 0 Å². The van der Waals surface area contributed by atoms with Crippen molar-refractivity contribution in [2.24, 2.45) is 0 Å². The fourth-order valence-electron chi connectivity index (χ4n) is 4.20. The number of carbonyl (C=O) groups excluding carboxylic acids is 2. The van der Waals surface area contributed by atoms with Crippen molar-refractivity contribution >= 4 is 23.3 Å². The molecule has 7 heteroatoms. The van der Waals surface area contributed by atoms with E-state index in [1.54, 1.807) is 18.5 Å². The average molecular weight is 406 g/mol. The Hall–Kier alpha value is -3.22. The zero-order valence-electron chi connectivity index (χ0n) is 17.8. The molecular formula is C23H27N5O2. The zero-order valence-corrected chi connectivity index (χ0v) is 17.8. The summed E-state index contributed by atoms with van der Waals surface area (Å²) in [7, 11) is 0. The first kappa shape index (κ1) is 20.1. The van der Waals surface area contributed by atoms with Gasteiger partial charge in [0.25, 0.3) is 11.8 Å². The molecule has 1 aromatic heterocycles. The quantitative estimate of drug-likeness (QED) is 0.712. The van der Waals surface area contributed by atoms with E-state index in [1.165, 1.54) is 4.90 Å². The van der Waals surface area contributed by atoms with Crippen molar-refractivity contribution in [2.75, 3.05) is 37.6 Å². The van der Waals surface area contributed by atoms with E-state index >= 15 is 0 Å². The lowest BCUT2D eigenvalue weighted by Gasteiger charge is -2.36. The second-order valence-electron chi connectivity index (χ2n) is 7.83. The van der Waals surface area contributed by atoms with Crippen LogP contribution >= 0.6 is 0 Å². The van der Waals surface area contributed by atoms with Gasteiger partial charge in [-0.1, -0.05) is 30.7 Å². The summed E-state index contributed by atoms with van der Waals surface area (Å²) in [5.74, 6) is 0.334. The normalized spacial score (nSPS) is 17.4. The van der Waals surface area contributed by atoms with Crippen molar-refractivity contribution in [3.05, 3.63) is 59.0 Å². The lowest BCUT2D eigenvalue weighted by molar-refractivity contribution is -0.137. The van der Waals surface area contributed by atoms with Crippen LogP contribution in [0, 0.1) is 13.8 Å². The number of aromatic nitrogens is 2. The van der Waals surface area contributed by atoms with Gasteiger partial charge in [0.05, 0.1) is 5.57 Å². The molecule has 3 heterocycles. The minimum Gasteiger partial charge on any atom is -0.363 e. The van der Waals surface area contributed by atoms with Crippen LogP contribution in [0.4, 0.5) is 5.95 Å². The monoisotopic (exact) mass is 405 g/mol. The fraction of sp³-hybridized carbons (Fsp3) is 0.391. The van der Waals surface area contributed by atoms with E-state index in [0.717, 1.165) is 23.1 Å². The molecule has 2 aliphatic heterocycles.